The van der Waals surface area contributed by atoms with Crippen LogP contribution in [0.1, 0.15) is 25.5 Å². The van der Waals surface area contributed by atoms with E-state index < -0.39 is 0 Å². The number of benzene rings is 1. The minimum atomic E-state index is -0.213. The van der Waals surface area contributed by atoms with E-state index in [9.17, 15) is 9.18 Å². The molecule has 1 fully saturated rings. The van der Waals surface area contributed by atoms with Gasteiger partial charge in [0, 0.05) is 56.7 Å². The lowest BCUT2D eigenvalue weighted by Crippen LogP contribution is -2.50. The summed E-state index contributed by atoms with van der Waals surface area (Å²) >= 11 is 0. The van der Waals surface area contributed by atoms with Crippen LogP contribution in [-0.2, 0) is 4.79 Å². The monoisotopic (exact) mass is 370 g/mol. The highest BCUT2D eigenvalue weighted by atomic mass is 19.1. The first kappa shape index (κ1) is 19.3. The molecule has 3 rings (SSSR count). The maximum atomic E-state index is 13.1. The molecule has 5 nitrogen and oxygen atoms in total. The molecule has 0 bridgehead atoms. The van der Waals surface area contributed by atoms with Crippen LogP contribution in [-0.4, -0.2) is 48.5 Å². The Morgan fingerprint density at radius 1 is 1.15 bits per heavy atom. The first-order chi connectivity index (χ1) is 13.0. The molecule has 1 amide bonds. The molecular weight excluding hydrogens is 343 g/mol. The minimum absolute atomic E-state index is 0.0325. The Bertz CT molecular complexity index is 728. The summed E-state index contributed by atoms with van der Waals surface area (Å²) in [6, 6.07) is 10.7. The molecule has 1 aromatic heterocycles. The Kier molecular flexibility index (Phi) is 6.40. The summed E-state index contributed by atoms with van der Waals surface area (Å²) in [6.07, 6.45) is 3.64. The predicted molar refractivity (Wildman–Crippen MR) is 105 cm³/mol. The van der Waals surface area contributed by atoms with Crippen molar-refractivity contribution in [3.05, 3.63) is 60.2 Å². The van der Waals surface area contributed by atoms with Crippen LogP contribution < -0.4 is 10.2 Å². The van der Waals surface area contributed by atoms with Crippen molar-refractivity contribution in [1.82, 2.24) is 15.2 Å². The zero-order valence-corrected chi connectivity index (χ0v) is 15.9. The molecule has 1 atom stereocenters. The van der Waals surface area contributed by atoms with Gasteiger partial charge in [-0.15, -0.1) is 0 Å². The minimum Gasteiger partial charge on any atom is -0.369 e. The van der Waals surface area contributed by atoms with Gasteiger partial charge < -0.3 is 10.2 Å². The number of hydrogen-bond donors (Lipinski definition) is 1. The van der Waals surface area contributed by atoms with Gasteiger partial charge in [0.05, 0.1) is 6.04 Å². The van der Waals surface area contributed by atoms with Gasteiger partial charge in [-0.2, -0.15) is 0 Å². The van der Waals surface area contributed by atoms with E-state index in [2.05, 4.69) is 26.2 Å². The van der Waals surface area contributed by atoms with E-state index >= 15 is 0 Å². The number of rotatable bonds is 6. The molecule has 0 unspecified atom stereocenters. The van der Waals surface area contributed by atoms with Gasteiger partial charge in [0.1, 0.15) is 5.82 Å². The molecule has 0 radical (unpaired) electrons. The highest BCUT2D eigenvalue weighted by Gasteiger charge is 2.26. The van der Waals surface area contributed by atoms with Crippen molar-refractivity contribution < 1.29 is 9.18 Å². The highest BCUT2D eigenvalue weighted by Crippen LogP contribution is 2.23. The second-order valence-corrected chi connectivity index (χ2v) is 7.20. The molecule has 144 valence electrons. The fraction of sp³-hybridized carbons (Fsp3) is 0.429. The van der Waals surface area contributed by atoms with Crippen LogP contribution in [0.5, 0.6) is 0 Å². The molecule has 0 spiro atoms. The van der Waals surface area contributed by atoms with E-state index in [-0.39, 0.29) is 23.7 Å². The normalized spacial score (nSPS) is 16.4. The van der Waals surface area contributed by atoms with Crippen LogP contribution in [0.3, 0.4) is 0 Å². The first-order valence-corrected chi connectivity index (χ1v) is 9.47. The first-order valence-electron chi connectivity index (χ1n) is 9.47. The number of amides is 1. The zero-order chi connectivity index (χ0) is 19.2. The molecule has 2 aromatic rings. The largest absolute Gasteiger partial charge is 0.369 e. The third-order valence-corrected chi connectivity index (χ3v) is 5.01. The fourth-order valence-corrected chi connectivity index (χ4v) is 3.38. The molecule has 1 N–H and O–H groups in total. The molecule has 1 saturated heterocycles. The molecular formula is C21H27FN4O. The number of nitrogens with one attached hydrogen (secondary N) is 1. The average Bonchev–Trinajstić information content (AvgIpc) is 2.70. The highest BCUT2D eigenvalue weighted by molar-refractivity contribution is 5.77. The molecule has 1 aliphatic rings. The Labute approximate surface area is 160 Å². The second kappa shape index (κ2) is 8.95. The number of halogens is 1. The van der Waals surface area contributed by atoms with Crippen molar-refractivity contribution in [3.8, 4) is 0 Å². The maximum Gasteiger partial charge on any atom is 0.222 e. The van der Waals surface area contributed by atoms with Gasteiger partial charge in [-0.1, -0.05) is 19.9 Å². The molecule has 1 aromatic carbocycles. The van der Waals surface area contributed by atoms with Gasteiger partial charge in [-0.25, -0.2) is 4.39 Å². The Balaban J connectivity index is 1.66. The summed E-state index contributed by atoms with van der Waals surface area (Å²) in [5.41, 5.74) is 2.15. The Hall–Kier alpha value is -2.47. The van der Waals surface area contributed by atoms with Crippen molar-refractivity contribution >= 4 is 11.6 Å². The summed E-state index contributed by atoms with van der Waals surface area (Å²) in [6.45, 7) is 7.83. The summed E-state index contributed by atoms with van der Waals surface area (Å²) in [7, 11) is 0. The number of piperazine rings is 1. The van der Waals surface area contributed by atoms with Gasteiger partial charge in [0.25, 0.3) is 0 Å². The van der Waals surface area contributed by atoms with Gasteiger partial charge in [-0.05, 0) is 35.9 Å². The summed E-state index contributed by atoms with van der Waals surface area (Å²) in [4.78, 5) is 20.9. The van der Waals surface area contributed by atoms with Crippen molar-refractivity contribution in [2.24, 2.45) is 5.92 Å². The lowest BCUT2D eigenvalue weighted by atomic mass is 10.1. The van der Waals surface area contributed by atoms with Gasteiger partial charge >= 0.3 is 0 Å². The lowest BCUT2D eigenvalue weighted by molar-refractivity contribution is -0.124. The summed E-state index contributed by atoms with van der Waals surface area (Å²) in [5, 5.41) is 3.06. The van der Waals surface area contributed by atoms with Crippen LogP contribution in [0.4, 0.5) is 10.1 Å². The Morgan fingerprint density at radius 3 is 2.44 bits per heavy atom. The number of hydrogen-bond acceptors (Lipinski definition) is 4. The quantitative estimate of drug-likeness (QED) is 0.850. The number of nitrogens with zero attached hydrogens (tertiary/aromatic N) is 3. The van der Waals surface area contributed by atoms with Gasteiger partial charge in [0.2, 0.25) is 5.91 Å². The van der Waals surface area contributed by atoms with E-state index in [1.807, 2.05) is 38.2 Å². The Morgan fingerprint density at radius 2 is 1.85 bits per heavy atom. The molecule has 2 heterocycles. The van der Waals surface area contributed by atoms with Crippen molar-refractivity contribution in [2.45, 2.75) is 19.9 Å². The molecule has 0 aliphatic carbocycles. The lowest BCUT2D eigenvalue weighted by Gasteiger charge is -2.40. The summed E-state index contributed by atoms with van der Waals surface area (Å²) < 4.78 is 13.1. The molecule has 27 heavy (non-hydrogen) atoms. The number of aromatic nitrogens is 1. The number of pyridine rings is 1. The third-order valence-electron chi connectivity index (χ3n) is 5.01. The summed E-state index contributed by atoms with van der Waals surface area (Å²) in [5.74, 6) is -0.182. The number of carbonyl (C=O) groups is 1. The van der Waals surface area contributed by atoms with Crippen LogP contribution in [0.15, 0.2) is 48.8 Å². The molecule has 1 aliphatic heterocycles. The smallest absolute Gasteiger partial charge is 0.222 e. The van der Waals surface area contributed by atoms with E-state index in [0.717, 1.165) is 37.4 Å². The SMILES string of the molecule is CC(C)C(=O)NC[C@H](c1cccnc1)N1CCN(c2ccc(F)cc2)CC1. The second-order valence-electron chi connectivity index (χ2n) is 7.20. The van der Waals surface area contributed by atoms with Crippen LogP contribution >= 0.6 is 0 Å². The average molecular weight is 370 g/mol. The molecule has 0 saturated carbocycles. The molecule has 6 heteroatoms. The van der Waals surface area contributed by atoms with Crippen molar-refractivity contribution in [2.75, 3.05) is 37.6 Å². The van der Waals surface area contributed by atoms with Gasteiger partial charge in [-0.3, -0.25) is 14.7 Å². The van der Waals surface area contributed by atoms with Crippen molar-refractivity contribution in [3.63, 3.8) is 0 Å². The van der Waals surface area contributed by atoms with E-state index in [1.54, 1.807) is 6.20 Å². The zero-order valence-electron chi connectivity index (χ0n) is 15.9. The standard InChI is InChI=1S/C21H27FN4O/c1-16(2)21(27)24-15-20(17-4-3-9-23-14-17)26-12-10-25(11-13-26)19-7-5-18(22)6-8-19/h3-9,14,16,20H,10-13,15H2,1-2H3,(H,24,27)/t20-/m1/s1. The van der Waals surface area contributed by atoms with E-state index in [0.29, 0.717) is 6.54 Å². The fourth-order valence-electron chi connectivity index (χ4n) is 3.38. The topological polar surface area (TPSA) is 48.5 Å². The third kappa shape index (κ3) is 5.04. The number of carbonyl (C=O) groups excluding carboxylic acids is 1. The van der Waals surface area contributed by atoms with E-state index in [4.69, 9.17) is 0 Å². The number of anilines is 1. The maximum absolute atomic E-state index is 13.1. The van der Waals surface area contributed by atoms with E-state index in [1.165, 1.54) is 12.1 Å². The van der Waals surface area contributed by atoms with Gasteiger partial charge in [0.15, 0.2) is 0 Å². The van der Waals surface area contributed by atoms with Crippen LogP contribution in [0.2, 0.25) is 0 Å². The van der Waals surface area contributed by atoms with Crippen LogP contribution in [0, 0.1) is 11.7 Å². The van der Waals surface area contributed by atoms with Crippen molar-refractivity contribution in [1.29, 1.82) is 0 Å². The predicted octanol–water partition coefficient (Wildman–Crippen LogP) is 2.86. The van der Waals surface area contributed by atoms with Crippen LogP contribution in [0.25, 0.3) is 0 Å².